The van der Waals surface area contributed by atoms with E-state index in [2.05, 4.69) is 10.2 Å². The second-order valence-electron chi connectivity index (χ2n) is 2.18. The number of rotatable bonds is 1. The number of alkyl halides is 1. The molecule has 0 fully saturated rings. The molecule has 1 heterocycles. The molecule has 1 aromatic heterocycles. The van der Waals surface area contributed by atoms with E-state index in [0.29, 0.717) is 0 Å². The van der Waals surface area contributed by atoms with Crippen molar-refractivity contribution in [3.05, 3.63) is 24.3 Å². The van der Waals surface area contributed by atoms with Crippen molar-refractivity contribution in [3.63, 3.8) is 0 Å². The van der Waals surface area contributed by atoms with Gasteiger partial charge in [0.15, 0.2) is 0 Å². The Morgan fingerprint density at radius 3 is 2.18 bits per heavy atom. The van der Waals surface area contributed by atoms with Crippen LogP contribution in [0.25, 0.3) is 11.0 Å². The number of benzene rings is 1. The highest BCUT2D eigenvalue weighted by Crippen LogP contribution is 2.06. The molecule has 0 atom stereocenters. The SMILES string of the molecule is FCn1nc2ccccc2n1. The van der Waals surface area contributed by atoms with Crippen molar-refractivity contribution in [2.45, 2.75) is 6.80 Å². The van der Waals surface area contributed by atoms with Crippen molar-refractivity contribution in [2.24, 2.45) is 0 Å². The van der Waals surface area contributed by atoms with Crippen molar-refractivity contribution in [3.8, 4) is 0 Å². The molecule has 1 aromatic carbocycles. The summed E-state index contributed by atoms with van der Waals surface area (Å²) in [5.41, 5.74) is 1.45. The van der Waals surface area contributed by atoms with E-state index >= 15 is 0 Å². The Kier molecular flexibility index (Phi) is 1.31. The summed E-state index contributed by atoms with van der Waals surface area (Å²) >= 11 is 0. The largest absolute Gasteiger partial charge is 0.223 e. The van der Waals surface area contributed by atoms with Gasteiger partial charge >= 0.3 is 0 Å². The van der Waals surface area contributed by atoms with E-state index in [4.69, 9.17) is 0 Å². The first-order valence-electron chi connectivity index (χ1n) is 3.26. The van der Waals surface area contributed by atoms with Crippen LogP contribution < -0.4 is 0 Å². The second kappa shape index (κ2) is 2.30. The molecule has 2 aromatic rings. The van der Waals surface area contributed by atoms with E-state index in [-0.39, 0.29) is 0 Å². The van der Waals surface area contributed by atoms with Gasteiger partial charge in [-0.25, -0.2) is 4.39 Å². The van der Waals surface area contributed by atoms with Crippen LogP contribution in [0, 0.1) is 0 Å². The molecular weight excluding hydrogens is 145 g/mol. The first-order chi connectivity index (χ1) is 5.40. The van der Waals surface area contributed by atoms with Gasteiger partial charge in [0, 0.05) is 0 Å². The molecular formula is C7H6FN3. The van der Waals surface area contributed by atoms with Crippen molar-refractivity contribution in [1.82, 2.24) is 15.0 Å². The first-order valence-corrected chi connectivity index (χ1v) is 3.26. The molecule has 0 aliphatic rings. The highest BCUT2D eigenvalue weighted by molar-refractivity contribution is 5.72. The van der Waals surface area contributed by atoms with Crippen LogP contribution in [0.3, 0.4) is 0 Å². The Hall–Kier alpha value is -1.45. The van der Waals surface area contributed by atoms with Crippen LogP contribution in [-0.4, -0.2) is 15.0 Å². The van der Waals surface area contributed by atoms with Gasteiger partial charge in [-0.15, -0.1) is 0 Å². The summed E-state index contributed by atoms with van der Waals surface area (Å²) in [6.45, 7) is -0.672. The fourth-order valence-electron chi connectivity index (χ4n) is 0.958. The highest BCUT2D eigenvalue weighted by Gasteiger charge is 1.98. The van der Waals surface area contributed by atoms with Gasteiger partial charge in [0.25, 0.3) is 0 Å². The highest BCUT2D eigenvalue weighted by atomic mass is 19.1. The second-order valence-corrected chi connectivity index (χ2v) is 2.18. The van der Waals surface area contributed by atoms with Crippen LogP contribution in [-0.2, 0) is 6.80 Å². The number of hydrogen-bond donors (Lipinski definition) is 0. The van der Waals surface area contributed by atoms with Crippen molar-refractivity contribution < 1.29 is 4.39 Å². The summed E-state index contributed by atoms with van der Waals surface area (Å²) in [6, 6.07) is 7.29. The number of aromatic nitrogens is 3. The Morgan fingerprint density at radius 1 is 1.18 bits per heavy atom. The Labute approximate surface area is 62.4 Å². The molecule has 0 unspecified atom stereocenters. The van der Waals surface area contributed by atoms with E-state index in [9.17, 15) is 4.39 Å². The molecule has 0 amide bonds. The van der Waals surface area contributed by atoms with E-state index in [0.717, 1.165) is 15.8 Å². The van der Waals surface area contributed by atoms with Gasteiger partial charge in [0.05, 0.1) is 0 Å². The van der Waals surface area contributed by atoms with Crippen molar-refractivity contribution >= 4 is 11.0 Å². The number of halogens is 1. The lowest BCUT2D eigenvalue weighted by molar-refractivity contribution is 0.321. The maximum Gasteiger partial charge on any atom is 0.200 e. The fourth-order valence-corrected chi connectivity index (χ4v) is 0.958. The normalized spacial score (nSPS) is 10.6. The lowest BCUT2D eigenvalue weighted by atomic mass is 10.3. The summed E-state index contributed by atoms with van der Waals surface area (Å²) in [5.74, 6) is 0. The molecule has 0 aliphatic carbocycles. The molecule has 0 saturated heterocycles. The van der Waals surface area contributed by atoms with Crippen LogP contribution >= 0.6 is 0 Å². The standard InChI is InChI=1S/C7H6FN3/c8-5-11-9-6-3-1-2-4-7(6)10-11/h1-4H,5H2. The molecule has 0 radical (unpaired) electrons. The van der Waals surface area contributed by atoms with Crippen molar-refractivity contribution in [2.75, 3.05) is 0 Å². The van der Waals surface area contributed by atoms with Gasteiger partial charge in [0.1, 0.15) is 11.0 Å². The average molecular weight is 151 g/mol. The topological polar surface area (TPSA) is 30.7 Å². The Bertz CT molecular complexity index is 335. The minimum Gasteiger partial charge on any atom is -0.223 e. The zero-order chi connectivity index (χ0) is 7.68. The third-order valence-corrected chi connectivity index (χ3v) is 1.43. The Morgan fingerprint density at radius 2 is 1.73 bits per heavy atom. The summed E-state index contributed by atoms with van der Waals surface area (Å²) in [4.78, 5) is 1.03. The lowest BCUT2D eigenvalue weighted by Crippen LogP contribution is -1.96. The zero-order valence-electron chi connectivity index (χ0n) is 5.74. The summed E-state index contributed by atoms with van der Waals surface area (Å²) in [7, 11) is 0. The minimum absolute atomic E-state index is 0.672. The summed E-state index contributed by atoms with van der Waals surface area (Å²) in [5, 5.41) is 7.72. The molecule has 3 nitrogen and oxygen atoms in total. The molecule has 2 rings (SSSR count). The maximum absolute atomic E-state index is 12.0. The third-order valence-electron chi connectivity index (χ3n) is 1.43. The van der Waals surface area contributed by atoms with Gasteiger partial charge in [-0.2, -0.15) is 15.0 Å². The van der Waals surface area contributed by atoms with E-state index in [1.165, 1.54) is 0 Å². The van der Waals surface area contributed by atoms with Crippen LogP contribution in [0.1, 0.15) is 0 Å². The van der Waals surface area contributed by atoms with Gasteiger partial charge in [-0.3, -0.25) is 0 Å². The molecule has 0 saturated carbocycles. The van der Waals surface area contributed by atoms with Gasteiger partial charge in [0.2, 0.25) is 6.80 Å². The smallest absolute Gasteiger partial charge is 0.200 e. The monoisotopic (exact) mass is 151 g/mol. The quantitative estimate of drug-likeness (QED) is 0.616. The molecule has 0 aliphatic heterocycles. The first kappa shape index (κ1) is 6.27. The molecule has 0 bridgehead atoms. The molecule has 56 valence electrons. The number of hydrogen-bond acceptors (Lipinski definition) is 2. The van der Waals surface area contributed by atoms with E-state index < -0.39 is 6.80 Å². The predicted octanol–water partition coefficient (Wildman–Crippen LogP) is 1.36. The predicted molar refractivity (Wildman–Crippen MR) is 38.6 cm³/mol. The van der Waals surface area contributed by atoms with Crippen molar-refractivity contribution in [1.29, 1.82) is 0 Å². The lowest BCUT2D eigenvalue weighted by Gasteiger charge is -1.82. The van der Waals surface area contributed by atoms with Gasteiger partial charge in [-0.1, -0.05) is 12.1 Å². The molecule has 4 heteroatoms. The van der Waals surface area contributed by atoms with Crippen LogP contribution in [0.2, 0.25) is 0 Å². The van der Waals surface area contributed by atoms with Gasteiger partial charge < -0.3 is 0 Å². The minimum atomic E-state index is -0.672. The number of fused-ring (bicyclic) bond motifs is 1. The number of nitrogens with zero attached hydrogens (tertiary/aromatic N) is 3. The van der Waals surface area contributed by atoms with E-state index in [1.54, 1.807) is 12.1 Å². The fraction of sp³-hybridized carbons (Fsp3) is 0.143. The molecule has 11 heavy (non-hydrogen) atoms. The van der Waals surface area contributed by atoms with Crippen LogP contribution in [0.15, 0.2) is 24.3 Å². The Balaban J connectivity index is 2.69. The van der Waals surface area contributed by atoms with Crippen LogP contribution in [0.5, 0.6) is 0 Å². The molecule has 0 N–H and O–H groups in total. The summed E-state index contributed by atoms with van der Waals surface area (Å²) < 4.78 is 12.0. The summed E-state index contributed by atoms with van der Waals surface area (Å²) in [6.07, 6.45) is 0. The van der Waals surface area contributed by atoms with Crippen LogP contribution in [0.4, 0.5) is 4.39 Å². The average Bonchev–Trinajstić information content (AvgIpc) is 2.46. The molecule has 0 spiro atoms. The van der Waals surface area contributed by atoms with E-state index in [1.807, 2.05) is 12.1 Å². The zero-order valence-corrected chi connectivity index (χ0v) is 5.74. The maximum atomic E-state index is 12.0. The third kappa shape index (κ3) is 0.960. The van der Waals surface area contributed by atoms with Gasteiger partial charge in [-0.05, 0) is 12.1 Å².